The van der Waals surface area contributed by atoms with Crippen molar-refractivity contribution in [3.05, 3.63) is 53.6 Å². The highest BCUT2D eigenvalue weighted by Crippen LogP contribution is 2.19. The lowest BCUT2D eigenvalue weighted by molar-refractivity contribution is -0.118. The number of aryl methyl sites for hydroxylation is 1. The predicted molar refractivity (Wildman–Crippen MR) is 97.1 cm³/mol. The van der Waals surface area contributed by atoms with Crippen LogP contribution in [0.3, 0.4) is 0 Å². The van der Waals surface area contributed by atoms with E-state index in [1.54, 1.807) is 31.2 Å². The first-order chi connectivity index (χ1) is 12.0. The number of hydrogen-bond donors (Lipinski definition) is 2. The number of amides is 2. The molecule has 0 fully saturated rings. The van der Waals surface area contributed by atoms with E-state index in [1.807, 2.05) is 32.0 Å². The molecule has 0 radical (unpaired) electrons. The molecule has 2 aromatic carbocycles. The van der Waals surface area contributed by atoms with Gasteiger partial charge in [0.15, 0.2) is 6.61 Å². The Labute approximate surface area is 147 Å². The van der Waals surface area contributed by atoms with E-state index >= 15 is 0 Å². The maximum atomic E-state index is 12.1. The molecule has 132 valence electrons. The Bertz CT molecular complexity index is 759. The fourth-order valence-electron chi connectivity index (χ4n) is 2.17. The van der Waals surface area contributed by atoms with Crippen LogP contribution in [0.1, 0.15) is 18.1 Å². The van der Waals surface area contributed by atoms with Crippen molar-refractivity contribution in [1.82, 2.24) is 0 Å². The number of rotatable bonds is 6. The Kier molecular flexibility index (Phi) is 6.39. The zero-order valence-corrected chi connectivity index (χ0v) is 14.6. The van der Waals surface area contributed by atoms with Crippen LogP contribution in [0.4, 0.5) is 16.2 Å². The van der Waals surface area contributed by atoms with E-state index in [0.717, 1.165) is 16.8 Å². The number of anilines is 2. The van der Waals surface area contributed by atoms with E-state index in [1.165, 1.54) is 0 Å². The van der Waals surface area contributed by atoms with E-state index in [9.17, 15) is 9.59 Å². The van der Waals surface area contributed by atoms with Gasteiger partial charge in [-0.25, -0.2) is 4.79 Å². The van der Waals surface area contributed by atoms with Crippen molar-refractivity contribution in [2.24, 2.45) is 0 Å². The normalized spacial score (nSPS) is 10.0. The van der Waals surface area contributed by atoms with Gasteiger partial charge < -0.3 is 14.8 Å². The molecule has 0 aliphatic carbocycles. The molecule has 0 unspecified atom stereocenters. The second-order valence-electron chi connectivity index (χ2n) is 5.46. The number of benzene rings is 2. The molecule has 2 aromatic rings. The minimum Gasteiger partial charge on any atom is -0.484 e. The third-order valence-electron chi connectivity index (χ3n) is 3.60. The molecular weight excluding hydrogens is 320 g/mol. The highest BCUT2D eigenvalue weighted by Gasteiger charge is 2.08. The lowest BCUT2D eigenvalue weighted by Crippen LogP contribution is -2.21. The Morgan fingerprint density at radius 3 is 2.56 bits per heavy atom. The quantitative estimate of drug-likeness (QED) is 0.835. The van der Waals surface area contributed by atoms with Crippen LogP contribution >= 0.6 is 0 Å². The van der Waals surface area contributed by atoms with Crippen molar-refractivity contribution in [2.45, 2.75) is 20.8 Å². The molecule has 6 heteroatoms. The van der Waals surface area contributed by atoms with Gasteiger partial charge in [-0.1, -0.05) is 18.2 Å². The lowest BCUT2D eigenvalue weighted by Gasteiger charge is -2.12. The molecule has 0 atom stereocenters. The SMILES string of the molecule is CCOC(=O)Nc1cccc(OCC(=O)Nc2cccc(C)c2C)c1. The number of nitrogens with one attached hydrogen (secondary N) is 2. The van der Waals surface area contributed by atoms with Crippen LogP contribution in [0.15, 0.2) is 42.5 Å². The van der Waals surface area contributed by atoms with Crippen LogP contribution < -0.4 is 15.4 Å². The van der Waals surface area contributed by atoms with Gasteiger partial charge in [0.2, 0.25) is 0 Å². The van der Waals surface area contributed by atoms with Crippen LogP contribution in [0, 0.1) is 13.8 Å². The fourth-order valence-corrected chi connectivity index (χ4v) is 2.17. The van der Waals surface area contributed by atoms with Gasteiger partial charge in [0.1, 0.15) is 5.75 Å². The van der Waals surface area contributed by atoms with Crippen LogP contribution in [0.25, 0.3) is 0 Å². The predicted octanol–water partition coefficient (Wildman–Crippen LogP) is 3.89. The molecule has 2 rings (SSSR count). The topological polar surface area (TPSA) is 76.7 Å². The van der Waals surface area contributed by atoms with Crippen molar-refractivity contribution in [1.29, 1.82) is 0 Å². The first-order valence-electron chi connectivity index (χ1n) is 8.02. The summed E-state index contributed by atoms with van der Waals surface area (Å²) >= 11 is 0. The average Bonchev–Trinajstić information content (AvgIpc) is 2.58. The summed E-state index contributed by atoms with van der Waals surface area (Å²) in [4.78, 5) is 23.5. The van der Waals surface area contributed by atoms with Crippen molar-refractivity contribution >= 4 is 23.4 Å². The van der Waals surface area contributed by atoms with Crippen molar-refractivity contribution in [2.75, 3.05) is 23.8 Å². The standard InChI is InChI=1S/C19H22N2O4/c1-4-24-19(23)20-15-8-6-9-16(11-15)25-12-18(22)21-17-10-5-7-13(2)14(17)3/h5-11H,4,12H2,1-3H3,(H,20,23)(H,21,22). The molecule has 0 bridgehead atoms. The van der Waals surface area contributed by atoms with E-state index in [2.05, 4.69) is 10.6 Å². The van der Waals surface area contributed by atoms with Gasteiger partial charge >= 0.3 is 6.09 Å². The molecule has 0 saturated heterocycles. The Morgan fingerprint density at radius 1 is 1.04 bits per heavy atom. The molecule has 0 heterocycles. The fraction of sp³-hybridized carbons (Fsp3) is 0.263. The minimum absolute atomic E-state index is 0.129. The Hall–Kier alpha value is -3.02. The number of ether oxygens (including phenoxy) is 2. The van der Waals surface area contributed by atoms with E-state index in [-0.39, 0.29) is 12.5 Å². The van der Waals surface area contributed by atoms with E-state index in [4.69, 9.17) is 9.47 Å². The highest BCUT2D eigenvalue weighted by atomic mass is 16.5. The molecule has 6 nitrogen and oxygen atoms in total. The first-order valence-corrected chi connectivity index (χ1v) is 8.02. The zero-order chi connectivity index (χ0) is 18.2. The summed E-state index contributed by atoms with van der Waals surface area (Å²) < 4.78 is 10.3. The molecule has 2 N–H and O–H groups in total. The molecule has 0 aromatic heterocycles. The summed E-state index contributed by atoms with van der Waals surface area (Å²) in [5.74, 6) is 0.225. The smallest absolute Gasteiger partial charge is 0.411 e. The lowest BCUT2D eigenvalue weighted by atomic mass is 10.1. The van der Waals surface area contributed by atoms with Crippen LogP contribution in [-0.2, 0) is 9.53 Å². The largest absolute Gasteiger partial charge is 0.484 e. The average molecular weight is 342 g/mol. The van der Waals surface area contributed by atoms with Gasteiger partial charge in [-0.05, 0) is 50.1 Å². The zero-order valence-electron chi connectivity index (χ0n) is 14.6. The summed E-state index contributed by atoms with van der Waals surface area (Å²) in [5, 5.41) is 5.41. The summed E-state index contributed by atoms with van der Waals surface area (Å²) in [7, 11) is 0. The van der Waals surface area contributed by atoms with E-state index < -0.39 is 6.09 Å². The highest BCUT2D eigenvalue weighted by molar-refractivity contribution is 5.92. The number of carbonyl (C=O) groups excluding carboxylic acids is 2. The Balaban J connectivity index is 1.91. The van der Waals surface area contributed by atoms with Crippen LogP contribution in [0.2, 0.25) is 0 Å². The molecule has 0 aliphatic heterocycles. The molecule has 25 heavy (non-hydrogen) atoms. The summed E-state index contributed by atoms with van der Waals surface area (Å²) in [6.07, 6.45) is -0.535. The van der Waals surface area contributed by atoms with Gasteiger partial charge in [0.25, 0.3) is 5.91 Å². The molecule has 2 amide bonds. The number of hydrogen-bond acceptors (Lipinski definition) is 4. The van der Waals surface area contributed by atoms with Gasteiger partial charge in [-0.15, -0.1) is 0 Å². The second-order valence-corrected chi connectivity index (χ2v) is 5.46. The van der Waals surface area contributed by atoms with Gasteiger partial charge in [0.05, 0.1) is 6.61 Å². The van der Waals surface area contributed by atoms with Crippen molar-refractivity contribution in [3.8, 4) is 5.75 Å². The summed E-state index contributed by atoms with van der Waals surface area (Å²) in [6.45, 7) is 5.84. The maximum absolute atomic E-state index is 12.1. The van der Waals surface area contributed by atoms with Gasteiger partial charge in [-0.3, -0.25) is 10.1 Å². The van der Waals surface area contributed by atoms with Crippen molar-refractivity contribution in [3.63, 3.8) is 0 Å². The van der Waals surface area contributed by atoms with Gasteiger partial charge in [-0.2, -0.15) is 0 Å². The third kappa shape index (κ3) is 5.53. The number of carbonyl (C=O) groups is 2. The van der Waals surface area contributed by atoms with Crippen molar-refractivity contribution < 1.29 is 19.1 Å². The third-order valence-corrected chi connectivity index (χ3v) is 3.60. The summed E-state index contributed by atoms with van der Waals surface area (Å²) in [6, 6.07) is 12.5. The van der Waals surface area contributed by atoms with Crippen LogP contribution in [-0.4, -0.2) is 25.2 Å². The molecular formula is C19H22N2O4. The second kappa shape index (κ2) is 8.73. The Morgan fingerprint density at radius 2 is 1.80 bits per heavy atom. The minimum atomic E-state index is -0.535. The van der Waals surface area contributed by atoms with E-state index in [0.29, 0.717) is 18.0 Å². The monoisotopic (exact) mass is 342 g/mol. The first kappa shape index (κ1) is 18.3. The molecule has 0 aliphatic rings. The van der Waals surface area contributed by atoms with Gasteiger partial charge in [0, 0.05) is 17.4 Å². The molecule has 0 saturated carbocycles. The summed E-state index contributed by atoms with van der Waals surface area (Å²) in [5.41, 5.74) is 3.44. The maximum Gasteiger partial charge on any atom is 0.411 e. The molecule has 0 spiro atoms. The van der Waals surface area contributed by atoms with Crippen LogP contribution in [0.5, 0.6) is 5.75 Å².